The van der Waals surface area contributed by atoms with Crippen molar-refractivity contribution in [3.8, 4) is 0 Å². The molecule has 2 heterocycles. The number of carbonyl (C=O) groups excluding carboxylic acids is 3. The Hall–Kier alpha value is -4.12. The molecule has 4 rings (SSSR count). The van der Waals surface area contributed by atoms with Crippen LogP contribution in [0.4, 0.5) is 4.79 Å². The smallest absolute Gasteiger partial charge is 0.408 e. The van der Waals surface area contributed by atoms with Crippen LogP contribution in [0.3, 0.4) is 0 Å². The average molecular weight is 580 g/mol. The number of carbonyl (C=O) groups is 3. The average Bonchev–Trinajstić information content (AvgIpc) is 3.27. The zero-order valence-electron chi connectivity index (χ0n) is 24.9. The predicted octanol–water partition coefficient (Wildman–Crippen LogP) is 3.50. The first-order valence-corrected chi connectivity index (χ1v) is 14.3. The second kappa shape index (κ2) is 12.8. The minimum Gasteiger partial charge on any atom is -0.444 e. The number of nitrogens with zero attached hydrogens (tertiary/aromatic N) is 2. The van der Waals surface area contributed by atoms with E-state index >= 15 is 0 Å². The number of likely N-dealkylation sites (tertiary alicyclic amines) is 1. The number of imidazole rings is 1. The summed E-state index contributed by atoms with van der Waals surface area (Å²) in [4.78, 5) is 56.7. The maximum absolute atomic E-state index is 13.7. The maximum atomic E-state index is 13.7. The fraction of sp³-hybridized carbons (Fsp3) is 0.484. The van der Waals surface area contributed by atoms with Gasteiger partial charge in [0.1, 0.15) is 17.2 Å². The molecule has 1 atom stereocenters. The van der Waals surface area contributed by atoms with Crippen LogP contribution in [0.5, 0.6) is 0 Å². The van der Waals surface area contributed by atoms with E-state index in [1.54, 1.807) is 44.1 Å². The van der Waals surface area contributed by atoms with Gasteiger partial charge >= 0.3 is 11.8 Å². The number of piperidine rings is 1. The number of hydrogen-bond donors (Lipinski definition) is 3. The van der Waals surface area contributed by atoms with Crippen LogP contribution in [0.15, 0.2) is 59.4 Å². The van der Waals surface area contributed by atoms with Gasteiger partial charge in [0.25, 0.3) is 0 Å². The molecule has 2 aromatic carbocycles. The molecule has 1 aromatic heterocycles. The van der Waals surface area contributed by atoms with Crippen molar-refractivity contribution in [2.45, 2.75) is 77.3 Å². The van der Waals surface area contributed by atoms with Gasteiger partial charge in [0.05, 0.1) is 24.2 Å². The third-order valence-corrected chi connectivity index (χ3v) is 7.15. The summed E-state index contributed by atoms with van der Waals surface area (Å²) in [5, 5.41) is 5.38. The number of rotatable bonds is 9. The molecule has 11 heteroatoms. The van der Waals surface area contributed by atoms with E-state index in [0.29, 0.717) is 25.9 Å². The molecule has 1 fully saturated rings. The summed E-state index contributed by atoms with van der Waals surface area (Å²) < 4.78 is 12.9. The first-order chi connectivity index (χ1) is 19.8. The lowest BCUT2D eigenvalue weighted by Crippen LogP contribution is -2.61. The van der Waals surface area contributed by atoms with Crippen LogP contribution in [0.25, 0.3) is 11.0 Å². The van der Waals surface area contributed by atoms with Crippen molar-refractivity contribution in [1.29, 1.82) is 0 Å². The number of aromatic nitrogens is 2. The summed E-state index contributed by atoms with van der Waals surface area (Å²) in [7, 11) is 0. The number of benzene rings is 2. The third kappa shape index (κ3) is 7.79. The van der Waals surface area contributed by atoms with Crippen LogP contribution in [0, 0.1) is 0 Å². The molecule has 0 unspecified atom stereocenters. The van der Waals surface area contributed by atoms with Crippen molar-refractivity contribution in [2.24, 2.45) is 0 Å². The van der Waals surface area contributed by atoms with Gasteiger partial charge in [0, 0.05) is 19.1 Å². The summed E-state index contributed by atoms with van der Waals surface area (Å²) in [5.41, 5.74) is 0.300. The van der Waals surface area contributed by atoms with Gasteiger partial charge in [-0.2, -0.15) is 0 Å². The molecule has 226 valence electrons. The zero-order chi connectivity index (χ0) is 30.5. The van der Waals surface area contributed by atoms with Crippen molar-refractivity contribution in [2.75, 3.05) is 19.7 Å². The first kappa shape index (κ1) is 30.8. The number of ether oxygens (including phenoxy) is 2. The first-order valence-electron chi connectivity index (χ1n) is 14.3. The number of hydrogen-bond acceptors (Lipinski definition) is 6. The monoisotopic (exact) mass is 579 g/mol. The summed E-state index contributed by atoms with van der Waals surface area (Å²) in [6, 6.07) is 16.1. The molecule has 0 spiro atoms. The fourth-order valence-corrected chi connectivity index (χ4v) is 5.00. The van der Waals surface area contributed by atoms with Gasteiger partial charge in [-0.15, -0.1) is 0 Å². The SMILES string of the molecule is CC(C)(C)OC(=O)NC(C)(C)C(=O)N[C@H](COCc1ccccc1)C(=O)N1CCC(n2c(=O)[nH]c3ccccc32)CC1. The normalized spacial score (nSPS) is 15.3. The Kier molecular flexibility index (Phi) is 9.40. The standard InChI is InChI=1S/C31H41N5O6/c1-30(2,3)42-29(40)34-31(4,5)27(38)32-24(20-41-19-21-11-7-6-8-12-21)26(37)35-17-15-22(16-18-35)36-25-14-10-9-13-23(25)33-28(36)39/h6-14,22,24H,15-20H2,1-5H3,(H,32,38)(H,33,39)(H,34,40)/t24-/m1/s1. The highest BCUT2D eigenvalue weighted by Crippen LogP contribution is 2.25. The number of nitrogens with one attached hydrogen (secondary N) is 3. The molecule has 0 aliphatic carbocycles. The predicted molar refractivity (Wildman–Crippen MR) is 159 cm³/mol. The molecule has 1 saturated heterocycles. The van der Waals surface area contributed by atoms with Gasteiger partial charge in [-0.05, 0) is 65.2 Å². The van der Waals surface area contributed by atoms with Gasteiger partial charge in [0.15, 0.2) is 0 Å². The van der Waals surface area contributed by atoms with Crippen molar-refractivity contribution >= 4 is 28.9 Å². The number of H-pyrrole nitrogens is 1. The van der Waals surface area contributed by atoms with E-state index in [4.69, 9.17) is 9.47 Å². The van der Waals surface area contributed by atoms with Crippen molar-refractivity contribution < 1.29 is 23.9 Å². The lowest BCUT2D eigenvalue weighted by molar-refractivity contribution is -0.140. The van der Waals surface area contributed by atoms with Gasteiger partial charge < -0.3 is 30.0 Å². The molecular weight excluding hydrogens is 538 g/mol. The van der Waals surface area contributed by atoms with Crippen molar-refractivity contribution in [3.63, 3.8) is 0 Å². The van der Waals surface area contributed by atoms with E-state index in [1.807, 2.05) is 54.6 Å². The van der Waals surface area contributed by atoms with E-state index in [-0.39, 0.29) is 30.9 Å². The number of para-hydroxylation sites is 2. The summed E-state index contributed by atoms with van der Waals surface area (Å²) in [6.45, 7) is 9.34. The molecule has 0 saturated carbocycles. The Morgan fingerprint density at radius 3 is 2.29 bits per heavy atom. The topological polar surface area (TPSA) is 135 Å². The van der Waals surface area contributed by atoms with Crippen LogP contribution in [-0.4, -0.2) is 69.2 Å². The Morgan fingerprint density at radius 2 is 1.62 bits per heavy atom. The van der Waals surface area contributed by atoms with E-state index in [1.165, 1.54) is 0 Å². The number of amides is 3. The van der Waals surface area contributed by atoms with Crippen LogP contribution in [0.2, 0.25) is 0 Å². The van der Waals surface area contributed by atoms with Crippen LogP contribution in [0.1, 0.15) is 59.1 Å². The minimum atomic E-state index is -1.36. The quantitative estimate of drug-likeness (QED) is 0.355. The van der Waals surface area contributed by atoms with E-state index < -0.39 is 29.2 Å². The van der Waals surface area contributed by atoms with Crippen LogP contribution in [-0.2, 0) is 25.7 Å². The van der Waals surface area contributed by atoms with Crippen molar-refractivity contribution in [1.82, 2.24) is 25.1 Å². The summed E-state index contributed by atoms with van der Waals surface area (Å²) in [6.07, 6.45) is 0.440. The fourth-order valence-electron chi connectivity index (χ4n) is 5.00. The maximum Gasteiger partial charge on any atom is 0.408 e. The molecule has 1 aliphatic rings. The Morgan fingerprint density at radius 1 is 0.976 bits per heavy atom. The molecule has 0 radical (unpaired) electrons. The Labute approximate surface area is 245 Å². The van der Waals surface area contributed by atoms with Crippen LogP contribution < -0.4 is 16.3 Å². The Bertz CT molecular complexity index is 1450. The van der Waals surface area contributed by atoms with Gasteiger partial charge in [-0.25, -0.2) is 9.59 Å². The molecule has 1 aliphatic heterocycles. The zero-order valence-corrected chi connectivity index (χ0v) is 24.9. The molecule has 3 amide bonds. The highest BCUT2D eigenvalue weighted by molar-refractivity contribution is 5.93. The second-order valence-electron chi connectivity index (χ2n) is 12.2. The largest absolute Gasteiger partial charge is 0.444 e. The lowest BCUT2D eigenvalue weighted by atomic mass is 10.0. The van der Waals surface area contributed by atoms with Crippen molar-refractivity contribution in [3.05, 3.63) is 70.6 Å². The molecular formula is C31H41N5O6. The number of alkyl carbamates (subject to hydrolysis) is 1. The van der Waals surface area contributed by atoms with E-state index in [9.17, 15) is 19.2 Å². The highest BCUT2D eigenvalue weighted by atomic mass is 16.6. The molecule has 0 bridgehead atoms. The lowest BCUT2D eigenvalue weighted by Gasteiger charge is -2.35. The molecule has 3 aromatic rings. The van der Waals surface area contributed by atoms with E-state index in [0.717, 1.165) is 16.6 Å². The minimum absolute atomic E-state index is 0.0518. The number of aromatic amines is 1. The highest BCUT2D eigenvalue weighted by Gasteiger charge is 2.36. The number of fused-ring (bicyclic) bond motifs is 1. The molecule has 3 N–H and O–H groups in total. The van der Waals surface area contributed by atoms with E-state index in [2.05, 4.69) is 15.6 Å². The summed E-state index contributed by atoms with van der Waals surface area (Å²) >= 11 is 0. The molecule has 42 heavy (non-hydrogen) atoms. The summed E-state index contributed by atoms with van der Waals surface area (Å²) in [5.74, 6) is -0.829. The second-order valence-corrected chi connectivity index (χ2v) is 12.2. The van der Waals surface area contributed by atoms with Crippen LogP contribution >= 0.6 is 0 Å². The van der Waals surface area contributed by atoms with Gasteiger partial charge in [-0.1, -0.05) is 42.5 Å². The molecule has 11 nitrogen and oxygen atoms in total. The van der Waals surface area contributed by atoms with Gasteiger partial charge in [0.2, 0.25) is 11.8 Å². The Balaban J connectivity index is 1.43. The third-order valence-electron chi connectivity index (χ3n) is 7.15. The van der Waals surface area contributed by atoms with Gasteiger partial charge in [-0.3, -0.25) is 14.2 Å².